The molecule has 9 nitrogen and oxygen atoms in total. The Morgan fingerprint density at radius 2 is 2.00 bits per heavy atom. The maximum atomic E-state index is 12.6. The van der Waals surface area contributed by atoms with Crippen LogP contribution in [0.5, 0.6) is 5.88 Å². The number of amides is 2. The van der Waals surface area contributed by atoms with E-state index in [9.17, 15) is 19.8 Å². The Labute approximate surface area is 185 Å². The van der Waals surface area contributed by atoms with Gasteiger partial charge in [0.1, 0.15) is 6.54 Å². The summed E-state index contributed by atoms with van der Waals surface area (Å²) >= 11 is 1.59. The minimum Gasteiger partial charge on any atom is -0.481 e. The first-order chi connectivity index (χ1) is 14.7. The number of carbonyl (C=O) groups excluding carboxylic acids is 2. The molecular formula is C20H23BN4O5S. The molecule has 2 heterocycles. The lowest BCUT2D eigenvalue weighted by Crippen LogP contribution is -2.57. The first-order valence-electron chi connectivity index (χ1n) is 9.54. The van der Waals surface area contributed by atoms with E-state index in [4.69, 9.17) is 12.6 Å². The number of hydrogen-bond acceptors (Lipinski definition) is 8. The largest absolute Gasteiger partial charge is 0.481 e. The number of fused-ring (bicyclic) bond motifs is 1. The van der Waals surface area contributed by atoms with Crippen LogP contribution in [-0.2, 0) is 9.59 Å². The van der Waals surface area contributed by atoms with Crippen molar-refractivity contribution in [2.75, 3.05) is 39.8 Å². The van der Waals surface area contributed by atoms with Crippen LogP contribution in [0.4, 0.5) is 0 Å². The summed E-state index contributed by atoms with van der Waals surface area (Å²) in [4.78, 5) is 31.7. The van der Waals surface area contributed by atoms with Crippen LogP contribution in [0.25, 0.3) is 10.8 Å². The molecule has 1 aromatic heterocycles. The lowest BCUT2D eigenvalue weighted by atomic mass is 10.0. The Balaban J connectivity index is 1.62. The number of methoxy groups -OCH3 is 1. The second-order valence-electron chi connectivity index (χ2n) is 6.89. The molecule has 0 spiro atoms. The monoisotopic (exact) mass is 442 g/mol. The molecule has 2 radical (unpaired) electrons. The molecule has 2 N–H and O–H groups in total. The van der Waals surface area contributed by atoms with Gasteiger partial charge in [0.15, 0.2) is 13.7 Å². The molecule has 0 unspecified atom stereocenters. The van der Waals surface area contributed by atoms with Crippen LogP contribution in [0.15, 0.2) is 48.0 Å². The Kier molecular flexibility index (Phi) is 7.21. The first kappa shape index (κ1) is 23.1. The molecule has 1 aliphatic rings. The third-order valence-electron chi connectivity index (χ3n) is 4.87. The number of piperazine rings is 1. The molecule has 1 aliphatic heterocycles. The highest BCUT2D eigenvalue weighted by Gasteiger charge is 2.32. The summed E-state index contributed by atoms with van der Waals surface area (Å²) in [5.41, 5.74) is 0. The van der Waals surface area contributed by atoms with E-state index in [-0.39, 0.29) is 0 Å². The fraction of sp³-hybridized carbons (Fsp3) is 0.350. The fourth-order valence-corrected chi connectivity index (χ4v) is 4.30. The van der Waals surface area contributed by atoms with Gasteiger partial charge in [-0.1, -0.05) is 12.6 Å². The van der Waals surface area contributed by atoms with Crippen molar-refractivity contribution in [3.05, 3.63) is 43.1 Å². The van der Waals surface area contributed by atoms with Crippen molar-refractivity contribution in [1.82, 2.24) is 19.1 Å². The van der Waals surface area contributed by atoms with E-state index in [0.29, 0.717) is 37.0 Å². The zero-order valence-electron chi connectivity index (χ0n) is 17.1. The lowest BCUT2D eigenvalue weighted by molar-refractivity contribution is -0.201. The van der Waals surface area contributed by atoms with E-state index >= 15 is 0 Å². The molecule has 0 saturated carbocycles. The Bertz CT molecular complexity index is 976. The van der Waals surface area contributed by atoms with Gasteiger partial charge in [0.2, 0.25) is 17.7 Å². The first-order valence-corrected chi connectivity index (χ1v) is 10.3. The van der Waals surface area contributed by atoms with Gasteiger partial charge in [0.05, 0.1) is 7.11 Å². The van der Waals surface area contributed by atoms with Gasteiger partial charge in [0, 0.05) is 48.0 Å². The Morgan fingerprint density at radius 3 is 2.61 bits per heavy atom. The second kappa shape index (κ2) is 9.69. The summed E-state index contributed by atoms with van der Waals surface area (Å²) in [6.45, 7) is 4.76. The summed E-state index contributed by atoms with van der Waals surface area (Å²) in [7, 11) is 6.77. The molecule has 2 aromatic rings. The van der Waals surface area contributed by atoms with Crippen LogP contribution in [0.3, 0.4) is 0 Å². The predicted molar refractivity (Wildman–Crippen MR) is 117 cm³/mol. The smallest absolute Gasteiger partial charge is 0.249 e. The van der Waals surface area contributed by atoms with Crippen LogP contribution < -0.4 is 4.74 Å². The number of aromatic nitrogens is 1. The van der Waals surface area contributed by atoms with Crippen molar-refractivity contribution >= 4 is 42.4 Å². The van der Waals surface area contributed by atoms with Crippen LogP contribution >= 0.6 is 11.9 Å². The lowest BCUT2D eigenvalue weighted by Gasteiger charge is -2.37. The molecule has 3 rings (SSSR count). The van der Waals surface area contributed by atoms with Crippen molar-refractivity contribution in [3.8, 4) is 5.88 Å². The van der Waals surface area contributed by atoms with Crippen molar-refractivity contribution in [1.29, 1.82) is 0 Å². The normalized spacial score (nSPS) is 15.0. The number of pyridine rings is 1. The summed E-state index contributed by atoms with van der Waals surface area (Å²) in [6, 6.07) is 7.86. The van der Waals surface area contributed by atoms with Crippen LogP contribution in [-0.4, -0.2) is 94.6 Å². The average Bonchev–Trinajstić information content (AvgIpc) is 2.76. The van der Waals surface area contributed by atoms with E-state index in [1.807, 2.05) is 24.3 Å². The number of hydrogen-bond donors (Lipinski definition) is 2. The van der Waals surface area contributed by atoms with Crippen molar-refractivity contribution in [2.24, 2.45) is 0 Å². The van der Waals surface area contributed by atoms with Crippen LogP contribution in [0, 0.1) is 0 Å². The predicted octanol–water partition coefficient (Wildman–Crippen LogP) is 0.174. The highest BCUT2D eigenvalue weighted by molar-refractivity contribution is 7.97. The molecule has 11 heteroatoms. The number of carbonyl (C=O) groups is 2. The van der Waals surface area contributed by atoms with Crippen molar-refractivity contribution < 1.29 is 24.5 Å². The summed E-state index contributed by atoms with van der Waals surface area (Å²) in [5, 5.41) is 21.1. The molecule has 162 valence electrons. The molecule has 1 aromatic carbocycles. The molecule has 1 saturated heterocycles. The third-order valence-corrected chi connectivity index (χ3v) is 6.05. The number of aliphatic hydroxyl groups is 2. The topological polar surface area (TPSA) is 106 Å². The minimum atomic E-state index is -2.94. The number of benzene rings is 1. The van der Waals surface area contributed by atoms with Crippen LogP contribution in [0.2, 0.25) is 0 Å². The second-order valence-corrected chi connectivity index (χ2v) is 8.03. The quantitative estimate of drug-likeness (QED) is 0.271. The molecular weight excluding hydrogens is 419 g/mol. The zero-order chi connectivity index (χ0) is 22.6. The van der Waals surface area contributed by atoms with Crippen LogP contribution in [0.1, 0.15) is 0 Å². The summed E-state index contributed by atoms with van der Waals surface area (Å²) < 4.78 is 7.48. The molecule has 31 heavy (non-hydrogen) atoms. The minimum absolute atomic E-state index is 0.423. The number of nitrogens with zero attached hydrogens (tertiary/aromatic N) is 4. The number of rotatable bonds is 7. The van der Waals surface area contributed by atoms with Gasteiger partial charge >= 0.3 is 0 Å². The van der Waals surface area contributed by atoms with Gasteiger partial charge in [-0.05, 0) is 36.2 Å². The van der Waals surface area contributed by atoms with Gasteiger partial charge in [-0.3, -0.25) is 14.5 Å². The van der Waals surface area contributed by atoms with Crippen molar-refractivity contribution in [2.45, 2.75) is 10.7 Å². The van der Waals surface area contributed by atoms with Gasteiger partial charge in [-0.25, -0.2) is 9.29 Å². The van der Waals surface area contributed by atoms with E-state index in [0.717, 1.165) is 21.7 Å². The van der Waals surface area contributed by atoms with Gasteiger partial charge in [-0.2, -0.15) is 0 Å². The van der Waals surface area contributed by atoms with E-state index in [1.165, 1.54) is 0 Å². The number of ether oxygens (including phenoxy) is 1. The van der Waals surface area contributed by atoms with E-state index in [2.05, 4.69) is 15.9 Å². The average molecular weight is 442 g/mol. The summed E-state index contributed by atoms with van der Waals surface area (Å²) in [6.07, 6.45) is 2.57. The van der Waals surface area contributed by atoms with Gasteiger partial charge in [0.25, 0.3) is 0 Å². The molecule has 2 amide bonds. The molecule has 1 fully saturated rings. The molecule has 0 aliphatic carbocycles. The van der Waals surface area contributed by atoms with E-state index in [1.54, 1.807) is 30.2 Å². The highest BCUT2D eigenvalue weighted by atomic mass is 32.2. The summed E-state index contributed by atoms with van der Waals surface area (Å²) in [5.74, 6) is -3.66. The SMILES string of the molecule is [B]C(O)(O)N(CC(=O)N1CCN(Sc2cccc3c(OC)nccc23)CC1)C(=O)C=C. The Hall–Kier alpha value is -2.60. The highest BCUT2D eigenvalue weighted by Crippen LogP contribution is 2.33. The Morgan fingerprint density at radius 1 is 1.29 bits per heavy atom. The maximum Gasteiger partial charge on any atom is 0.249 e. The molecule has 0 atom stereocenters. The van der Waals surface area contributed by atoms with Gasteiger partial charge < -0.3 is 19.8 Å². The standard InChI is InChI=1S/C20H23BN4O5S/c1-3-17(26)25(20(21,28)29)13-18(27)23-9-11-24(12-10-23)31-16-6-4-5-15-14(16)7-8-22-19(15)30-2/h3-8,28-29H,1,9-13H2,2H3. The molecule has 0 bridgehead atoms. The van der Waals surface area contributed by atoms with Gasteiger partial charge in [-0.15, -0.1) is 0 Å². The third kappa shape index (κ3) is 5.37. The maximum absolute atomic E-state index is 12.6. The zero-order valence-corrected chi connectivity index (χ0v) is 17.9. The van der Waals surface area contributed by atoms with Crippen molar-refractivity contribution in [3.63, 3.8) is 0 Å². The fourth-order valence-electron chi connectivity index (χ4n) is 3.26. The van der Waals surface area contributed by atoms with E-state index < -0.39 is 24.2 Å².